The molecule has 1 saturated heterocycles. The Morgan fingerprint density at radius 2 is 1.89 bits per heavy atom. The molecule has 3 aromatic rings. The Hall–Kier alpha value is -3.36. The van der Waals surface area contributed by atoms with Crippen LogP contribution < -0.4 is 5.32 Å². The first-order chi connectivity index (χ1) is 17.0. The van der Waals surface area contributed by atoms with Crippen molar-refractivity contribution in [1.29, 1.82) is 0 Å². The standard InChI is InChI=1S/C26H27ClFN3O4/c27-20-4-1-5-22(14-20)29-26(33)31(17-24-7-3-13-35-24)18-25(32)30(16-23-6-2-12-34-23)15-19-8-10-21(28)11-9-19/h1-2,4-6,8-12,14,24H,3,7,13,15-18H2,(H,29,33). The summed E-state index contributed by atoms with van der Waals surface area (Å²) in [6.45, 7) is 1.21. The summed E-state index contributed by atoms with van der Waals surface area (Å²) in [6.07, 6.45) is 3.14. The zero-order valence-corrected chi connectivity index (χ0v) is 19.9. The monoisotopic (exact) mass is 499 g/mol. The van der Waals surface area contributed by atoms with Crippen LogP contribution >= 0.6 is 11.6 Å². The van der Waals surface area contributed by atoms with Crippen molar-refractivity contribution < 1.29 is 23.1 Å². The summed E-state index contributed by atoms with van der Waals surface area (Å²) in [5, 5.41) is 3.31. The average molecular weight is 500 g/mol. The van der Waals surface area contributed by atoms with Gasteiger partial charge < -0.3 is 24.3 Å². The molecule has 0 radical (unpaired) electrons. The molecule has 1 unspecified atom stereocenters. The minimum atomic E-state index is -0.421. The molecule has 3 amide bonds. The van der Waals surface area contributed by atoms with E-state index in [1.54, 1.807) is 53.4 Å². The number of halogens is 2. The van der Waals surface area contributed by atoms with Crippen molar-refractivity contribution in [3.05, 3.63) is 89.1 Å². The van der Waals surface area contributed by atoms with Crippen LogP contribution in [-0.2, 0) is 22.6 Å². The maximum absolute atomic E-state index is 13.5. The van der Waals surface area contributed by atoms with Crippen molar-refractivity contribution in [1.82, 2.24) is 9.80 Å². The molecule has 1 aliphatic heterocycles. The Labute approximate surface area is 208 Å². The first-order valence-electron chi connectivity index (χ1n) is 11.4. The second-order valence-corrected chi connectivity index (χ2v) is 8.85. The van der Waals surface area contributed by atoms with Crippen LogP contribution in [0.25, 0.3) is 0 Å². The van der Waals surface area contributed by atoms with E-state index in [9.17, 15) is 14.0 Å². The Kier molecular flexibility index (Phi) is 8.39. The molecule has 1 fully saturated rings. The number of rotatable bonds is 9. The third kappa shape index (κ3) is 7.31. The minimum absolute atomic E-state index is 0.136. The summed E-state index contributed by atoms with van der Waals surface area (Å²) in [5.41, 5.74) is 1.30. The second kappa shape index (κ2) is 11.9. The van der Waals surface area contributed by atoms with E-state index in [1.807, 2.05) is 0 Å². The molecule has 9 heteroatoms. The van der Waals surface area contributed by atoms with Gasteiger partial charge in [0, 0.05) is 30.4 Å². The number of nitrogens with zero attached hydrogens (tertiary/aromatic N) is 2. The van der Waals surface area contributed by atoms with Gasteiger partial charge in [0.15, 0.2) is 0 Å². The van der Waals surface area contributed by atoms with Crippen molar-refractivity contribution in [3.8, 4) is 0 Å². The SMILES string of the molecule is O=C(CN(CC1CCCO1)C(=O)Nc1cccc(Cl)c1)N(Cc1ccc(F)cc1)Cc1ccco1. The molecule has 0 bridgehead atoms. The lowest BCUT2D eigenvalue weighted by atomic mass is 10.2. The van der Waals surface area contributed by atoms with E-state index in [1.165, 1.54) is 23.3 Å². The molecule has 0 aliphatic carbocycles. The lowest BCUT2D eigenvalue weighted by Gasteiger charge is -2.29. The number of urea groups is 1. The molecule has 0 saturated carbocycles. The van der Waals surface area contributed by atoms with Gasteiger partial charge in [-0.2, -0.15) is 0 Å². The third-order valence-corrected chi connectivity index (χ3v) is 5.94. The topological polar surface area (TPSA) is 75.0 Å². The van der Waals surface area contributed by atoms with Crippen LogP contribution in [-0.4, -0.2) is 47.5 Å². The zero-order valence-electron chi connectivity index (χ0n) is 19.2. The van der Waals surface area contributed by atoms with Crippen LogP contribution in [0.15, 0.2) is 71.3 Å². The van der Waals surface area contributed by atoms with Crippen LogP contribution in [0.1, 0.15) is 24.2 Å². The van der Waals surface area contributed by atoms with Gasteiger partial charge in [0.2, 0.25) is 5.91 Å². The summed E-state index contributed by atoms with van der Waals surface area (Å²) >= 11 is 6.05. The zero-order chi connectivity index (χ0) is 24.6. The number of anilines is 1. The molecule has 0 spiro atoms. The number of benzene rings is 2. The van der Waals surface area contributed by atoms with Gasteiger partial charge in [-0.25, -0.2) is 9.18 Å². The Morgan fingerprint density at radius 3 is 2.57 bits per heavy atom. The number of ether oxygens (including phenoxy) is 1. The van der Waals surface area contributed by atoms with Crippen molar-refractivity contribution in [2.24, 2.45) is 0 Å². The van der Waals surface area contributed by atoms with Gasteiger partial charge in [-0.05, 0) is 60.9 Å². The number of furan rings is 1. The van der Waals surface area contributed by atoms with Gasteiger partial charge >= 0.3 is 6.03 Å². The fraction of sp³-hybridized carbons (Fsp3) is 0.308. The van der Waals surface area contributed by atoms with Gasteiger partial charge in [0.25, 0.3) is 0 Å². The molecule has 1 N–H and O–H groups in total. The molecule has 1 aromatic heterocycles. The minimum Gasteiger partial charge on any atom is -0.467 e. The number of hydrogen-bond donors (Lipinski definition) is 1. The fourth-order valence-electron chi connectivity index (χ4n) is 3.92. The van der Waals surface area contributed by atoms with E-state index in [4.69, 9.17) is 20.8 Å². The molecule has 1 atom stereocenters. The number of amides is 3. The van der Waals surface area contributed by atoms with Crippen LogP contribution in [0.5, 0.6) is 0 Å². The summed E-state index contributed by atoms with van der Waals surface area (Å²) in [7, 11) is 0. The highest BCUT2D eigenvalue weighted by Gasteiger charge is 2.27. The van der Waals surface area contributed by atoms with Gasteiger partial charge in [0.1, 0.15) is 18.1 Å². The van der Waals surface area contributed by atoms with Crippen molar-refractivity contribution >= 4 is 29.2 Å². The van der Waals surface area contributed by atoms with Gasteiger partial charge in [-0.1, -0.05) is 29.8 Å². The molecule has 4 rings (SSSR count). The first-order valence-corrected chi connectivity index (χ1v) is 11.8. The Morgan fingerprint density at radius 1 is 1.06 bits per heavy atom. The van der Waals surface area contributed by atoms with E-state index in [0.29, 0.717) is 23.1 Å². The summed E-state index contributed by atoms with van der Waals surface area (Å²) < 4.78 is 24.5. The molecule has 2 aromatic carbocycles. The van der Waals surface area contributed by atoms with Crippen LogP contribution in [0.3, 0.4) is 0 Å². The van der Waals surface area contributed by atoms with Crippen molar-refractivity contribution in [3.63, 3.8) is 0 Å². The van der Waals surface area contributed by atoms with Crippen LogP contribution in [0.4, 0.5) is 14.9 Å². The van der Waals surface area contributed by atoms with Crippen molar-refractivity contribution in [2.75, 3.05) is 25.0 Å². The third-order valence-electron chi connectivity index (χ3n) is 5.70. The predicted octanol–water partition coefficient (Wildman–Crippen LogP) is 5.31. The quantitative estimate of drug-likeness (QED) is 0.432. The van der Waals surface area contributed by atoms with E-state index in [0.717, 1.165) is 18.4 Å². The maximum atomic E-state index is 13.5. The highest BCUT2D eigenvalue weighted by atomic mass is 35.5. The highest BCUT2D eigenvalue weighted by molar-refractivity contribution is 6.30. The average Bonchev–Trinajstić information content (AvgIpc) is 3.54. The van der Waals surface area contributed by atoms with E-state index in [-0.39, 0.29) is 44.0 Å². The number of carbonyl (C=O) groups is 2. The van der Waals surface area contributed by atoms with E-state index >= 15 is 0 Å². The van der Waals surface area contributed by atoms with E-state index < -0.39 is 6.03 Å². The number of carbonyl (C=O) groups excluding carboxylic acids is 2. The van der Waals surface area contributed by atoms with Gasteiger partial charge in [-0.3, -0.25) is 4.79 Å². The first kappa shape index (κ1) is 24.8. The molecule has 184 valence electrons. The molecular formula is C26H27ClFN3O4. The Bertz CT molecular complexity index is 1120. The molecule has 7 nitrogen and oxygen atoms in total. The van der Waals surface area contributed by atoms with Gasteiger partial charge in [-0.15, -0.1) is 0 Å². The fourth-order valence-corrected chi connectivity index (χ4v) is 4.11. The molecule has 2 heterocycles. The molecule has 1 aliphatic rings. The highest BCUT2D eigenvalue weighted by Crippen LogP contribution is 2.18. The number of nitrogens with one attached hydrogen (secondary N) is 1. The summed E-state index contributed by atoms with van der Waals surface area (Å²) in [5.74, 6) is -0.0161. The Balaban J connectivity index is 1.50. The predicted molar refractivity (Wildman–Crippen MR) is 130 cm³/mol. The van der Waals surface area contributed by atoms with Crippen LogP contribution in [0, 0.1) is 5.82 Å². The van der Waals surface area contributed by atoms with Crippen molar-refractivity contribution in [2.45, 2.75) is 32.0 Å². The second-order valence-electron chi connectivity index (χ2n) is 8.41. The van der Waals surface area contributed by atoms with Gasteiger partial charge in [0.05, 0.1) is 18.9 Å². The normalized spacial score (nSPS) is 15.1. The van der Waals surface area contributed by atoms with E-state index in [2.05, 4.69) is 5.32 Å². The number of hydrogen-bond acceptors (Lipinski definition) is 4. The lowest BCUT2D eigenvalue weighted by Crippen LogP contribution is -2.46. The summed E-state index contributed by atoms with van der Waals surface area (Å²) in [4.78, 5) is 29.7. The summed E-state index contributed by atoms with van der Waals surface area (Å²) in [6, 6.07) is 15.9. The largest absolute Gasteiger partial charge is 0.467 e. The molecular weight excluding hydrogens is 473 g/mol. The van der Waals surface area contributed by atoms with Crippen LogP contribution in [0.2, 0.25) is 5.02 Å². The molecule has 35 heavy (non-hydrogen) atoms. The smallest absolute Gasteiger partial charge is 0.322 e. The lowest BCUT2D eigenvalue weighted by molar-refractivity contribution is -0.133. The maximum Gasteiger partial charge on any atom is 0.322 e.